The number of nitrogens with one attached hydrogen (secondary N) is 1. The lowest BCUT2D eigenvalue weighted by Gasteiger charge is -2.42. The maximum absolute atomic E-state index is 14.8. The lowest BCUT2D eigenvalue weighted by Crippen LogP contribution is -2.59. The Hall–Kier alpha value is -3.46. The summed E-state index contributed by atoms with van der Waals surface area (Å²) >= 11 is 1.16. The van der Waals surface area contributed by atoms with Gasteiger partial charge in [0.25, 0.3) is 5.91 Å². The van der Waals surface area contributed by atoms with Gasteiger partial charge in [-0.2, -0.15) is 0 Å². The highest BCUT2D eigenvalue weighted by Gasteiger charge is 2.59. The zero-order valence-electron chi connectivity index (χ0n) is 30.6. The van der Waals surface area contributed by atoms with E-state index in [9.17, 15) is 33.1 Å². The molecule has 6 heterocycles. The van der Waals surface area contributed by atoms with Crippen LogP contribution in [0.25, 0.3) is 10.1 Å². The van der Waals surface area contributed by atoms with Crippen molar-refractivity contribution >= 4 is 52.4 Å². The molecule has 1 aromatic carbocycles. The van der Waals surface area contributed by atoms with Crippen LogP contribution in [0.3, 0.4) is 0 Å². The normalized spacial score (nSPS) is 27.8. The fourth-order valence-corrected chi connectivity index (χ4v) is 10.9. The predicted octanol–water partition coefficient (Wildman–Crippen LogP) is 4.40. The molecule has 2 aromatic heterocycles. The number of thiophene rings is 1. The Morgan fingerprint density at radius 1 is 1.09 bits per heavy atom. The first-order valence-electron chi connectivity index (χ1n) is 18.9. The molecule has 1 spiro atoms. The van der Waals surface area contributed by atoms with Gasteiger partial charge in [-0.3, -0.25) is 28.8 Å². The second-order valence-corrected chi connectivity index (χ2v) is 18.6. The molecule has 4 aliphatic heterocycles. The van der Waals surface area contributed by atoms with Gasteiger partial charge in [-0.15, -0.1) is 11.3 Å². The summed E-state index contributed by atoms with van der Waals surface area (Å²) in [5.41, 5.74) is 1.86. The Bertz CT molecular complexity index is 1980. The number of fused-ring (bicyclic) bond motifs is 2. The number of hydrogen-bond donors (Lipinski definition) is 3. The SMILES string of the molecule is CN(C)c1ccncc1[C@@H]1CN(C(=O)[C@@H]2CC[C@@H]3C[C@@H](N4CCOCC4)CC[C@H](NC(=O)c4cc5cc([C@@H](F)P(=O)(O)O)ccc5s4)C(=O)N32)C2(CC2)C1. The van der Waals surface area contributed by atoms with Crippen molar-refractivity contribution in [3.05, 3.63) is 58.7 Å². The molecule has 3 N–H and O–H groups in total. The van der Waals surface area contributed by atoms with Gasteiger partial charge in [0.1, 0.15) is 12.1 Å². The van der Waals surface area contributed by atoms with Crippen LogP contribution in [0.4, 0.5) is 10.1 Å². The van der Waals surface area contributed by atoms with E-state index in [4.69, 9.17) is 4.74 Å². The molecule has 4 saturated heterocycles. The minimum atomic E-state index is -5.01. The molecule has 8 rings (SSSR count). The molecule has 0 bridgehead atoms. The topological polar surface area (TPSA) is 156 Å². The summed E-state index contributed by atoms with van der Waals surface area (Å²) in [4.78, 5) is 75.2. The molecular formula is C38H48FN6O7PS. The van der Waals surface area contributed by atoms with E-state index in [2.05, 4.69) is 25.0 Å². The van der Waals surface area contributed by atoms with Crippen molar-refractivity contribution in [2.75, 3.05) is 51.8 Å². The molecule has 3 aromatic rings. The van der Waals surface area contributed by atoms with Crippen LogP contribution >= 0.6 is 18.9 Å². The number of nitrogens with zero attached hydrogens (tertiary/aromatic N) is 5. The summed E-state index contributed by atoms with van der Waals surface area (Å²) in [5, 5.41) is 3.49. The maximum Gasteiger partial charge on any atom is 0.363 e. The van der Waals surface area contributed by atoms with Gasteiger partial charge < -0.3 is 34.5 Å². The fraction of sp³-hybridized carbons (Fsp3) is 0.579. The van der Waals surface area contributed by atoms with Crippen molar-refractivity contribution in [3.8, 4) is 0 Å². The molecular weight excluding hydrogens is 734 g/mol. The zero-order chi connectivity index (χ0) is 37.9. The highest BCUT2D eigenvalue weighted by molar-refractivity contribution is 7.51. The van der Waals surface area contributed by atoms with Crippen LogP contribution in [0.2, 0.25) is 0 Å². The van der Waals surface area contributed by atoms with Crippen LogP contribution in [0, 0.1) is 0 Å². The Morgan fingerprint density at radius 3 is 2.57 bits per heavy atom. The van der Waals surface area contributed by atoms with Gasteiger partial charge in [-0.25, -0.2) is 4.39 Å². The number of rotatable bonds is 8. The molecule has 5 fully saturated rings. The molecule has 54 heavy (non-hydrogen) atoms. The van der Waals surface area contributed by atoms with E-state index in [0.29, 0.717) is 60.4 Å². The van der Waals surface area contributed by atoms with Gasteiger partial charge >= 0.3 is 7.60 Å². The van der Waals surface area contributed by atoms with Crippen molar-refractivity contribution in [2.24, 2.45) is 0 Å². The third-order valence-electron chi connectivity index (χ3n) is 12.3. The molecule has 290 valence electrons. The van der Waals surface area contributed by atoms with Crippen molar-refractivity contribution in [1.82, 2.24) is 25.0 Å². The number of amides is 3. The first kappa shape index (κ1) is 37.5. The Kier molecular flexibility index (Phi) is 10.1. The smallest absolute Gasteiger partial charge is 0.363 e. The number of likely N-dealkylation sites (tertiary alicyclic amines) is 1. The van der Waals surface area contributed by atoms with Crippen molar-refractivity contribution in [1.29, 1.82) is 0 Å². The number of aromatic nitrogens is 1. The standard InChI is InChI=1S/C38H48FN6O7PS/c1-42(2)30-9-12-40-21-28(30)25-20-38(10-11-38)44(22-25)37(48)31-7-5-27-19-26(43-13-15-52-16-14-43)4-6-29(36(47)45(27)31)41-35(46)33-18-24-17-23(3-8-32(24)54-33)34(39)53(49,50)51/h3,8-9,12,17-18,21,25-27,29,31,34H,4-7,10-11,13-16,19-20,22H2,1-2H3,(H,41,46)(H2,49,50,51)/t25-,26-,27+,29-,31-,34-/m0/s1. The third kappa shape index (κ3) is 7.07. The maximum atomic E-state index is 14.8. The lowest BCUT2D eigenvalue weighted by molar-refractivity contribution is -0.148. The van der Waals surface area contributed by atoms with Gasteiger partial charge in [0, 0.05) is 80.1 Å². The van der Waals surface area contributed by atoms with E-state index in [1.165, 1.54) is 12.1 Å². The molecule has 0 unspecified atom stereocenters. The third-order valence-corrected chi connectivity index (χ3v) is 14.3. The number of pyridine rings is 1. The summed E-state index contributed by atoms with van der Waals surface area (Å²) in [5.74, 6) is -3.03. The number of morpholine rings is 1. The summed E-state index contributed by atoms with van der Waals surface area (Å²) in [6.07, 6.45) is 9.62. The number of carbonyl (C=O) groups is 3. The molecule has 1 saturated carbocycles. The van der Waals surface area contributed by atoms with Crippen LogP contribution in [0.5, 0.6) is 0 Å². The Labute approximate surface area is 318 Å². The first-order valence-corrected chi connectivity index (χ1v) is 21.4. The first-order chi connectivity index (χ1) is 25.8. The van der Waals surface area contributed by atoms with E-state index in [1.807, 2.05) is 31.3 Å². The lowest BCUT2D eigenvalue weighted by atomic mass is 9.93. The van der Waals surface area contributed by atoms with Gasteiger partial charge in [0.2, 0.25) is 17.7 Å². The van der Waals surface area contributed by atoms with Crippen molar-refractivity contribution in [3.63, 3.8) is 0 Å². The summed E-state index contributed by atoms with van der Waals surface area (Å²) in [7, 11) is -0.973. The number of halogens is 1. The second-order valence-electron chi connectivity index (χ2n) is 15.9. The van der Waals surface area contributed by atoms with E-state index in [-0.39, 0.29) is 40.9 Å². The van der Waals surface area contributed by atoms with Gasteiger partial charge in [-0.05, 0) is 92.1 Å². The average molecular weight is 783 g/mol. The molecule has 0 radical (unpaired) electrons. The number of anilines is 1. The second kappa shape index (κ2) is 14.6. The molecule has 3 amide bonds. The average Bonchev–Trinajstić information content (AvgIpc) is 3.45. The number of alkyl halides is 1. The van der Waals surface area contributed by atoms with Crippen LogP contribution in [-0.2, 0) is 18.9 Å². The molecule has 5 aliphatic rings. The minimum Gasteiger partial charge on any atom is -0.379 e. The van der Waals surface area contributed by atoms with E-state index < -0.39 is 31.5 Å². The van der Waals surface area contributed by atoms with Crippen molar-refractivity contribution < 1.29 is 37.9 Å². The predicted molar refractivity (Wildman–Crippen MR) is 202 cm³/mol. The zero-order valence-corrected chi connectivity index (χ0v) is 32.3. The largest absolute Gasteiger partial charge is 0.379 e. The molecule has 1 aliphatic carbocycles. The van der Waals surface area contributed by atoms with E-state index in [0.717, 1.165) is 61.4 Å². The number of ether oxygens (including phenoxy) is 1. The quantitative estimate of drug-likeness (QED) is 0.280. The van der Waals surface area contributed by atoms with Gasteiger partial charge in [0.15, 0.2) is 0 Å². The van der Waals surface area contributed by atoms with Gasteiger partial charge in [0.05, 0.1) is 18.1 Å². The molecule has 13 nitrogen and oxygen atoms in total. The number of hydrogen-bond acceptors (Lipinski definition) is 9. The van der Waals surface area contributed by atoms with E-state index >= 15 is 0 Å². The van der Waals surface area contributed by atoms with Crippen LogP contribution in [-0.4, -0.2) is 124 Å². The Balaban J connectivity index is 1.05. The Morgan fingerprint density at radius 2 is 1.85 bits per heavy atom. The summed E-state index contributed by atoms with van der Waals surface area (Å²) < 4.78 is 32.3. The van der Waals surface area contributed by atoms with Crippen LogP contribution in [0.15, 0.2) is 42.7 Å². The molecule has 16 heteroatoms. The summed E-state index contributed by atoms with van der Waals surface area (Å²) in [6, 6.07) is 6.31. The van der Waals surface area contributed by atoms with Crippen molar-refractivity contribution in [2.45, 2.75) is 92.9 Å². The fourth-order valence-electron chi connectivity index (χ4n) is 9.44. The van der Waals surface area contributed by atoms with Gasteiger partial charge in [-0.1, -0.05) is 6.07 Å². The highest BCUT2D eigenvalue weighted by atomic mass is 32.1. The highest BCUT2D eigenvalue weighted by Crippen LogP contribution is 2.56. The summed E-state index contributed by atoms with van der Waals surface area (Å²) in [6.45, 7) is 3.44. The van der Waals surface area contributed by atoms with E-state index in [1.54, 1.807) is 18.3 Å². The minimum absolute atomic E-state index is 0.00324. The monoisotopic (exact) mass is 782 g/mol. The molecule has 6 atom stereocenters. The number of carbonyl (C=O) groups excluding carboxylic acids is 3. The number of benzene rings is 1. The van der Waals surface area contributed by atoms with Crippen LogP contribution in [0.1, 0.15) is 84.0 Å². The van der Waals surface area contributed by atoms with Crippen LogP contribution < -0.4 is 10.2 Å².